The highest BCUT2D eigenvalue weighted by molar-refractivity contribution is 14.1. The van der Waals surface area contributed by atoms with Crippen molar-refractivity contribution in [2.45, 2.75) is 71.9 Å². The van der Waals surface area contributed by atoms with Crippen LogP contribution < -0.4 is 0 Å². The van der Waals surface area contributed by atoms with E-state index in [-0.39, 0.29) is 0 Å². The smallest absolute Gasteiger partial charge is 0.0437 e. The van der Waals surface area contributed by atoms with Crippen LogP contribution in [0.25, 0.3) is 0 Å². The summed E-state index contributed by atoms with van der Waals surface area (Å²) in [4.78, 5) is 0. The number of rotatable bonds is 0. The van der Waals surface area contributed by atoms with E-state index in [9.17, 15) is 0 Å². The Balaban J connectivity index is 1.64. The molecule has 0 radical (unpaired) electrons. The van der Waals surface area contributed by atoms with Crippen LogP contribution in [0.15, 0.2) is 0 Å². The average molecular weight is 570 g/mol. The van der Waals surface area contributed by atoms with E-state index >= 15 is 0 Å². The highest BCUT2D eigenvalue weighted by atomic mass is 127. The van der Waals surface area contributed by atoms with Gasteiger partial charge in [0.1, 0.15) is 0 Å². The number of alkyl halides is 2. The predicted octanol–water partition coefficient (Wildman–Crippen LogP) is 6.65. The molecule has 5 aliphatic carbocycles. The van der Waals surface area contributed by atoms with Crippen LogP contribution in [-0.2, 0) is 0 Å². The molecule has 0 aromatic heterocycles. The molecule has 0 N–H and O–H groups in total. The first kappa shape index (κ1) is 17.9. The summed E-state index contributed by atoms with van der Waals surface area (Å²) in [5.74, 6) is 7.09. The molecule has 5 saturated carbocycles. The minimum Gasteiger partial charge on any atom is -0.170 e. The van der Waals surface area contributed by atoms with Crippen LogP contribution in [0.3, 0.4) is 0 Å². The van der Waals surface area contributed by atoms with Crippen LogP contribution in [0.5, 0.6) is 0 Å². The quantitative estimate of drug-likeness (QED) is 0.188. The Kier molecular flexibility index (Phi) is 3.62. The lowest BCUT2D eigenvalue weighted by atomic mass is 9.22. The minimum atomic E-state index is 0.315. The molecule has 0 bridgehead atoms. The van der Waals surface area contributed by atoms with Gasteiger partial charge in [-0.3, -0.25) is 0 Å². The summed E-state index contributed by atoms with van der Waals surface area (Å²) >= 11 is 11.5. The summed E-state index contributed by atoms with van der Waals surface area (Å²) in [5, 5.41) is 0. The Morgan fingerprint density at radius 2 is 1.42 bits per heavy atom. The number of hydrogen-bond acceptors (Lipinski definition) is 1. The summed E-state index contributed by atoms with van der Waals surface area (Å²) in [5.41, 5.74) is 0.540. The van der Waals surface area contributed by atoms with Crippen molar-refractivity contribution in [3.8, 4) is 0 Å². The normalized spacial score (nSPS) is 73.0. The molecule has 0 nitrogen and oxygen atoms in total. The minimum absolute atomic E-state index is 0.315. The van der Waals surface area contributed by atoms with Gasteiger partial charge in [0.05, 0.1) is 0 Å². The first-order valence-electron chi connectivity index (χ1n) is 10.2. The second-order valence-electron chi connectivity index (χ2n) is 10.5. The molecule has 12 unspecified atom stereocenters. The van der Waals surface area contributed by atoms with Gasteiger partial charge < -0.3 is 0 Å². The first-order chi connectivity index (χ1) is 11.1. The van der Waals surface area contributed by atoms with Crippen molar-refractivity contribution in [2.24, 2.45) is 52.8 Å². The van der Waals surface area contributed by atoms with Gasteiger partial charge in [0.15, 0.2) is 0 Å². The van der Waals surface area contributed by atoms with Crippen molar-refractivity contribution in [1.82, 2.24) is 0 Å². The van der Waals surface area contributed by atoms with Crippen LogP contribution in [0.2, 0.25) is 0 Å². The Morgan fingerprint density at radius 3 is 1.92 bits per heavy atom. The Hall–Kier alpha value is 1.81. The van der Waals surface area contributed by atoms with Gasteiger partial charge in [-0.05, 0) is 78.4 Å². The summed E-state index contributed by atoms with van der Waals surface area (Å²) in [6, 6.07) is 0. The zero-order valence-corrected chi connectivity index (χ0v) is 20.9. The van der Waals surface area contributed by atoms with Gasteiger partial charge >= 0.3 is 0 Å². The Labute approximate surface area is 181 Å². The molecule has 5 aliphatic rings. The van der Waals surface area contributed by atoms with Gasteiger partial charge in [0, 0.05) is 11.6 Å². The fourth-order valence-electron chi connectivity index (χ4n) is 8.55. The van der Waals surface area contributed by atoms with Crippen molar-refractivity contribution >= 4 is 57.8 Å². The maximum absolute atomic E-state index is 5.57. The molecule has 0 aromatic rings. The summed E-state index contributed by atoms with van der Waals surface area (Å²) in [7, 11) is 0. The van der Waals surface area contributed by atoms with Crippen molar-refractivity contribution < 1.29 is 0 Å². The van der Waals surface area contributed by atoms with E-state index < -0.39 is 0 Å². The second-order valence-corrected chi connectivity index (χ2v) is 15.0. The highest BCUT2D eigenvalue weighted by Gasteiger charge is 2.90. The summed E-state index contributed by atoms with van der Waals surface area (Å²) < 4.78 is 1.30. The lowest BCUT2D eigenvalue weighted by molar-refractivity contribution is -0.297. The molecular formula is C21H32I2S. The third-order valence-electron chi connectivity index (χ3n) is 10.8. The lowest BCUT2D eigenvalue weighted by Crippen LogP contribution is -2.93. The van der Waals surface area contributed by atoms with Crippen LogP contribution in [0, 0.1) is 52.8 Å². The van der Waals surface area contributed by atoms with Crippen LogP contribution in [0.1, 0.15) is 60.3 Å². The van der Waals surface area contributed by atoms with Crippen molar-refractivity contribution in [1.29, 1.82) is 0 Å². The standard InChI is InChI=1S/C21H32I2S/c1-10-11(2)13(4)20(23)16(15-7-9-19(15,22)12(10)3)17-14-6-8-18(14,5)21(17,20)24/h10-17,24H,6-9H2,1-5H3. The third kappa shape index (κ3) is 1.47. The zero-order valence-electron chi connectivity index (χ0n) is 15.7. The number of fused-ring (bicyclic) bond motifs is 9. The Bertz CT molecular complexity index is 609. The summed E-state index contributed by atoms with van der Waals surface area (Å²) in [6.07, 6.45) is 5.87. The third-order valence-corrected chi connectivity index (χ3v) is 17.2. The molecule has 5 fully saturated rings. The maximum Gasteiger partial charge on any atom is 0.0437 e. The number of halogens is 2. The predicted molar refractivity (Wildman–Crippen MR) is 122 cm³/mol. The monoisotopic (exact) mass is 570 g/mol. The largest absolute Gasteiger partial charge is 0.170 e. The summed E-state index contributed by atoms with van der Waals surface area (Å²) in [6.45, 7) is 12.9. The zero-order chi connectivity index (χ0) is 17.4. The van der Waals surface area contributed by atoms with Gasteiger partial charge in [-0.25, -0.2) is 0 Å². The van der Waals surface area contributed by atoms with Crippen molar-refractivity contribution in [3.63, 3.8) is 0 Å². The van der Waals surface area contributed by atoms with Gasteiger partial charge in [0.2, 0.25) is 0 Å². The van der Waals surface area contributed by atoms with Gasteiger partial charge in [-0.2, -0.15) is 12.6 Å². The van der Waals surface area contributed by atoms with Crippen molar-refractivity contribution in [3.05, 3.63) is 0 Å². The SMILES string of the molecule is CC1C(C)C(C)C2(I)C(C3CCC3(I)C1C)C1C3CCC3(C)C12S. The molecule has 0 saturated heterocycles. The van der Waals surface area contributed by atoms with E-state index in [0.29, 0.717) is 17.0 Å². The average Bonchev–Trinajstić information content (AvgIpc) is 2.56. The molecule has 0 aromatic carbocycles. The molecule has 0 amide bonds. The van der Waals surface area contributed by atoms with Gasteiger partial charge in [-0.1, -0.05) is 79.8 Å². The molecular weight excluding hydrogens is 538 g/mol. The van der Waals surface area contributed by atoms with E-state index in [1.54, 1.807) is 0 Å². The molecule has 24 heavy (non-hydrogen) atoms. The molecule has 136 valence electrons. The lowest BCUT2D eigenvalue weighted by Gasteiger charge is -2.90. The second kappa shape index (κ2) is 4.86. The van der Waals surface area contributed by atoms with Crippen molar-refractivity contribution in [2.75, 3.05) is 0 Å². The topological polar surface area (TPSA) is 0 Å². The van der Waals surface area contributed by atoms with Crippen LogP contribution in [-0.4, -0.2) is 11.6 Å². The number of thiol groups is 1. The molecule has 5 rings (SSSR count). The van der Waals surface area contributed by atoms with E-state index in [1.807, 2.05) is 0 Å². The van der Waals surface area contributed by atoms with E-state index in [2.05, 4.69) is 79.8 Å². The molecule has 0 heterocycles. The number of hydrogen-bond donors (Lipinski definition) is 1. The maximum atomic E-state index is 5.57. The van der Waals surface area contributed by atoms with E-state index in [1.165, 1.54) is 25.7 Å². The van der Waals surface area contributed by atoms with E-state index in [4.69, 9.17) is 12.6 Å². The van der Waals surface area contributed by atoms with Gasteiger partial charge in [-0.15, -0.1) is 0 Å². The first-order valence-corrected chi connectivity index (χ1v) is 12.8. The fraction of sp³-hybridized carbons (Fsp3) is 1.00. The Morgan fingerprint density at radius 1 is 0.833 bits per heavy atom. The van der Waals surface area contributed by atoms with Crippen LogP contribution >= 0.6 is 57.8 Å². The van der Waals surface area contributed by atoms with Gasteiger partial charge in [0.25, 0.3) is 0 Å². The molecule has 0 spiro atoms. The molecule has 3 heteroatoms. The van der Waals surface area contributed by atoms with Crippen LogP contribution in [0.4, 0.5) is 0 Å². The molecule has 12 atom stereocenters. The highest BCUT2D eigenvalue weighted by Crippen LogP contribution is 2.90. The fourth-order valence-corrected chi connectivity index (χ4v) is 13.5. The van der Waals surface area contributed by atoms with E-state index in [0.717, 1.165) is 47.3 Å². The molecule has 0 aliphatic heterocycles.